The van der Waals surface area contributed by atoms with E-state index < -0.39 is 5.41 Å². The molecule has 0 unspecified atom stereocenters. The van der Waals surface area contributed by atoms with E-state index in [0.29, 0.717) is 0 Å². The van der Waals surface area contributed by atoms with E-state index in [0.717, 1.165) is 39.0 Å². The fourth-order valence-electron chi connectivity index (χ4n) is 7.80. The van der Waals surface area contributed by atoms with Gasteiger partial charge in [0.25, 0.3) is 0 Å². The molecule has 0 saturated carbocycles. The minimum Gasteiger partial charge on any atom is -0.507 e. The summed E-state index contributed by atoms with van der Waals surface area (Å²) in [6.07, 6.45) is 9.01. The minimum absolute atomic E-state index is 0.237. The van der Waals surface area contributed by atoms with Gasteiger partial charge in [-0.3, -0.25) is 0 Å². The van der Waals surface area contributed by atoms with Gasteiger partial charge in [-0.15, -0.1) is 0 Å². The number of aromatic hydroxyl groups is 2. The normalized spacial score (nSPS) is 14.5. The van der Waals surface area contributed by atoms with Crippen molar-refractivity contribution in [2.24, 2.45) is 0 Å². The van der Waals surface area contributed by atoms with Crippen LogP contribution in [0.3, 0.4) is 0 Å². The summed E-state index contributed by atoms with van der Waals surface area (Å²) in [5.41, 5.74) is 7.15. The van der Waals surface area contributed by atoms with Crippen molar-refractivity contribution >= 4 is 33.2 Å². The van der Waals surface area contributed by atoms with Crippen LogP contribution in [0.2, 0.25) is 0 Å². The summed E-state index contributed by atoms with van der Waals surface area (Å²) in [7, 11) is 0. The molecule has 2 aliphatic carbocycles. The van der Waals surface area contributed by atoms with Gasteiger partial charge in [0.05, 0.1) is 5.41 Å². The third-order valence-corrected chi connectivity index (χ3v) is 9.90. The van der Waals surface area contributed by atoms with Crippen LogP contribution < -0.4 is 10.4 Å². The summed E-state index contributed by atoms with van der Waals surface area (Å²) < 4.78 is 0. The molecule has 2 N–H and O–H groups in total. The van der Waals surface area contributed by atoms with Crippen molar-refractivity contribution < 1.29 is 10.2 Å². The number of phenols is 2. The van der Waals surface area contributed by atoms with Crippen LogP contribution in [0.4, 0.5) is 0 Å². The molecule has 7 aromatic carbocycles. The lowest BCUT2D eigenvalue weighted by Gasteiger charge is -2.37. The maximum Gasteiger partial charge on any atom is 0.123 e. The van der Waals surface area contributed by atoms with Crippen molar-refractivity contribution in [3.8, 4) is 33.8 Å². The van der Waals surface area contributed by atoms with Crippen LogP contribution >= 0.6 is 0 Å². The first-order chi connectivity index (χ1) is 23.1. The predicted molar refractivity (Wildman–Crippen MR) is 194 cm³/mol. The zero-order valence-electron chi connectivity index (χ0n) is 25.6. The molecule has 9 rings (SSSR count). The topological polar surface area (TPSA) is 40.5 Å². The van der Waals surface area contributed by atoms with Crippen LogP contribution in [0.5, 0.6) is 11.5 Å². The van der Waals surface area contributed by atoms with Crippen molar-refractivity contribution in [3.05, 3.63) is 191 Å². The van der Waals surface area contributed by atoms with Crippen molar-refractivity contribution in [2.75, 3.05) is 0 Å². The van der Waals surface area contributed by atoms with Crippen LogP contribution in [0.1, 0.15) is 11.1 Å². The third kappa shape index (κ3) is 4.05. The molecule has 0 radical (unpaired) electrons. The molecular weight excluding hydrogens is 572 g/mol. The monoisotopic (exact) mass is 602 g/mol. The highest BCUT2D eigenvalue weighted by atomic mass is 16.3. The van der Waals surface area contributed by atoms with Gasteiger partial charge in [-0.25, -0.2) is 0 Å². The van der Waals surface area contributed by atoms with Crippen LogP contribution in [-0.2, 0) is 5.41 Å². The molecule has 0 bridgehead atoms. The van der Waals surface area contributed by atoms with Crippen LogP contribution in [0, 0.1) is 0 Å². The maximum atomic E-state index is 11.2. The summed E-state index contributed by atoms with van der Waals surface area (Å²) in [6.45, 7) is 0. The predicted octanol–water partition coefficient (Wildman–Crippen LogP) is 9.17. The number of hydrogen-bond donors (Lipinski definition) is 2. The average Bonchev–Trinajstić information content (AvgIpc) is 3.54. The second-order valence-electron chi connectivity index (χ2n) is 12.4. The van der Waals surface area contributed by atoms with Gasteiger partial charge in [-0.2, -0.15) is 0 Å². The summed E-state index contributed by atoms with van der Waals surface area (Å²) in [5.74, 6) is 0.474. The zero-order chi connectivity index (χ0) is 31.5. The van der Waals surface area contributed by atoms with Crippen LogP contribution in [0.25, 0.3) is 55.4 Å². The standard InChI is InChI=1S/C45H30O2/c46-41-23-21-32(27-38(41)29-12-3-1-4-13-29)45(33-22-24-42(47)39(28-33)30-14-5-2-6-15-30)25-11-16-31-26-40-36-19-8-7-17-34(36)35-18-9-10-20-37(35)43(40)44(31)45/h1-28,46-47H. The Bertz CT molecular complexity index is 2490. The fourth-order valence-corrected chi connectivity index (χ4v) is 7.80. The highest BCUT2D eigenvalue weighted by Gasteiger charge is 2.41. The SMILES string of the molecule is Oc1ccc(C2(c3ccc(O)c(-c4ccccc4)c3)C=CC=C3C=c4c(c5ccccc5c5ccccc45)=C32)cc1-c1ccccc1. The minimum atomic E-state index is -0.745. The van der Waals surface area contributed by atoms with E-state index in [1.54, 1.807) is 0 Å². The van der Waals surface area contributed by atoms with E-state index in [9.17, 15) is 10.2 Å². The van der Waals surface area contributed by atoms with E-state index >= 15 is 0 Å². The van der Waals surface area contributed by atoms with Gasteiger partial charge in [0.2, 0.25) is 0 Å². The van der Waals surface area contributed by atoms with Gasteiger partial charge in [0, 0.05) is 11.1 Å². The lowest BCUT2D eigenvalue weighted by Crippen LogP contribution is -2.36. The molecule has 7 aromatic rings. The van der Waals surface area contributed by atoms with Gasteiger partial charge in [0.1, 0.15) is 11.5 Å². The first-order valence-electron chi connectivity index (χ1n) is 16.0. The fraction of sp³-hybridized carbons (Fsp3) is 0.0222. The Morgan fingerprint density at radius 2 is 0.957 bits per heavy atom. The van der Waals surface area contributed by atoms with Crippen LogP contribution in [-0.4, -0.2) is 10.2 Å². The summed E-state index contributed by atoms with van der Waals surface area (Å²) in [6, 6.07) is 49.5. The van der Waals surface area contributed by atoms with Gasteiger partial charge < -0.3 is 10.2 Å². The number of fused-ring (bicyclic) bond motifs is 7. The highest BCUT2D eigenvalue weighted by molar-refractivity contribution is 6.12. The highest BCUT2D eigenvalue weighted by Crippen LogP contribution is 2.51. The van der Waals surface area contributed by atoms with Gasteiger partial charge in [-0.05, 0) is 95.7 Å². The lowest BCUT2D eigenvalue weighted by molar-refractivity contribution is 0.477. The molecule has 0 amide bonds. The van der Waals surface area contributed by atoms with Crippen molar-refractivity contribution in [1.29, 1.82) is 0 Å². The molecule has 0 aromatic heterocycles. The van der Waals surface area contributed by atoms with E-state index in [1.165, 1.54) is 37.6 Å². The Hall–Kier alpha value is -6.12. The van der Waals surface area contributed by atoms with Crippen molar-refractivity contribution in [3.63, 3.8) is 0 Å². The quantitative estimate of drug-likeness (QED) is 0.197. The molecule has 47 heavy (non-hydrogen) atoms. The Morgan fingerprint density at radius 3 is 1.53 bits per heavy atom. The number of allylic oxidation sites excluding steroid dienone is 4. The smallest absolute Gasteiger partial charge is 0.123 e. The zero-order valence-corrected chi connectivity index (χ0v) is 25.6. The molecule has 2 heteroatoms. The second kappa shape index (κ2) is 10.5. The molecule has 0 spiro atoms. The van der Waals surface area contributed by atoms with E-state index in [-0.39, 0.29) is 11.5 Å². The first-order valence-corrected chi connectivity index (χ1v) is 16.0. The van der Waals surface area contributed by atoms with Gasteiger partial charge >= 0.3 is 0 Å². The van der Waals surface area contributed by atoms with Crippen molar-refractivity contribution in [1.82, 2.24) is 0 Å². The molecule has 222 valence electrons. The Kier molecular flexibility index (Phi) is 6.06. The molecule has 0 saturated heterocycles. The first kappa shape index (κ1) is 27.2. The number of rotatable bonds is 4. The summed E-state index contributed by atoms with van der Waals surface area (Å²) in [4.78, 5) is 0. The molecule has 0 heterocycles. The van der Waals surface area contributed by atoms with E-state index in [1.807, 2.05) is 72.8 Å². The largest absolute Gasteiger partial charge is 0.507 e. The summed E-state index contributed by atoms with van der Waals surface area (Å²) in [5, 5.41) is 29.7. The molecule has 2 nitrogen and oxygen atoms in total. The number of phenolic OH excluding ortho intramolecular Hbond substituents is 2. The maximum absolute atomic E-state index is 11.2. The third-order valence-electron chi connectivity index (χ3n) is 9.90. The molecule has 0 atom stereocenters. The number of hydrogen-bond acceptors (Lipinski definition) is 2. The molecule has 0 fully saturated rings. The molecular formula is C45H30O2. The van der Waals surface area contributed by atoms with Gasteiger partial charge in [0.15, 0.2) is 0 Å². The molecule has 0 aliphatic heterocycles. The Labute approximate surface area is 272 Å². The average molecular weight is 603 g/mol. The summed E-state index contributed by atoms with van der Waals surface area (Å²) >= 11 is 0. The Balaban J connectivity index is 1.46. The van der Waals surface area contributed by atoms with E-state index in [2.05, 4.69) is 97.1 Å². The Morgan fingerprint density at radius 1 is 0.468 bits per heavy atom. The second-order valence-corrected chi connectivity index (χ2v) is 12.4. The van der Waals surface area contributed by atoms with Gasteiger partial charge in [-0.1, -0.05) is 140 Å². The molecule has 2 aliphatic rings. The van der Waals surface area contributed by atoms with Crippen molar-refractivity contribution in [2.45, 2.75) is 5.41 Å². The lowest BCUT2D eigenvalue weighted by atomic mass is 9.64. The van der Waals surface area contributed by atoms with E-state index in [4.69, 9.17) is 0 Å². The van der Waals surface area contributed by atoms with Crippen LogP contribution in [0.15, 0.2) is 169 Å². The number of benzene rings is 7.